The molecule has 6 heteroatoms. The maximum Gasteiger partial charge on any atom is 0.262 e. The van der Waals surface area contributed by atoms with Gasteiger partial charge in [-0.2, -0.15) is 0 Å². The number of rotatable bonds is 7. The molecule has 0 bridgehead atoms. The van der Waals surface area contributed by atoms with E-state index in [1.807, 2.05) is 36.4 Å². The van der Waals surface area contributed by atoms with E-state index in [2.05, 4.69) is 28.1 Å². The number of hydrogen-bond acceptors (Lipinski definition) is 4. The van der Waals surface area contributed by atoms with Crippen LogP contribution in [0.3, 0.4) is 0 Å². The Morgan fingerprint density at radius 2 is 2.00 bits per heavy atom. The van der Waals surface area contributed by atoms with E-state index >= 15 is 0 Å². The maximum absolute atomic E-state index is 12.9. The summed E-state index contributed by atoms with van der Waals surface area (Å²) < 4.78 is 7.75. The lowest BCUT2D eigenvalue weighted by molar-refractivity contribution is 0.183. The lowest BCUT2D eigenvalue weighted by Crippen LogP contribution is -2.25. The second-order valence-corrected chi connectivity index (χ2v) is 7.57. The van der Waals surface area contributed by atoms with E-state index in [4.69, 9.17) is 9.72 Å². The van der Waals surface area contributed by atoms with Gasteiger partial charge in [0.2, 0.25) is 0 Å². The summed E-state index contributed by atoms with van der Waals surface area (Å²) in [4.78, 5) is 17.6. The molecule has 0 atom stereocenters. The van der Waals surface area contributed by atoms with Crippen LogP contribution in [0.2, 0.25) is 0 Å². The standard InChI is InChI=1S/C19H19BrN2O2S/c1-24-11-10-22-18(23)16-13-15(20)7-8-17(16)21-19(22)25-12-9-14-5-3-2-4-6-14/h2-8,13H,9-12H2,1H3. The Morgan fingerprint density at radius 3 is 2.76 bits per heavy atom. The van der Waals surface area contributed by atoms with Crippen molar-refractivity contribution in [2.45, 2.75) is 18.1 Å². The van der Waals surface area contributed by atoms with E-state index in [-0.39, 0.29) is 5.56 Å². The highest BCUT2D eigenvalue weighted by atomic mass is 79.9. The molecule has 4 nitrogen and oxygen atoms in total. The number of aromatic nitrogens is 2. The normalized spacial score (nSPS) is 11.1. The molecular weight excluding hydrogens is 400 g/mol. The third kappa shape index (κ3) is 4.51. The number of aryl methyl sites for hydroxylation is 1. The molecule has 0 unspecified atom stereocenters. The number of fused-ring (bicyclic) bond motifs is 1. The Balaban J connectivity index is 1.89. The largest absolute Gasteiger partial charge is 0.383 e. The maximum atomic E-state index is 12.9. The molecule has 3 rings (SSSR count). The lowest BCUT2D eigenvalue weighted by atomic mass is 10.2. The van der Waals surface area contributed by atoms with Crippen LogP contribution in [0.5, 0.6) is 0 Å². The minimum Gasteiger partial charge on any atom is -0.383 e. The van der Waals surface area contributed by atoms with E-state index < -0.39 is 0 Å². The molecule has 2 aromatic carbocycles. The van der Waals surface area contributed by atoms with E-state index in [9.17, 15) is 4.79 Å². The Morgan fingerprint density at radius 1 is 1.20 bits per heavy atom. The molecule has 1 aromatic heterocycles. The fraction of sp³-hybridized carbons (Fsp3) is 0.263. The van der Waals surface area contributed by atoms with Crippen molar-refractivity contribution in [3.8, 4) is 0 Å². The zero-order valence-electron chi connectivity index (χ0n) is 13.9. The van der Waals surface area contributed by atoms with Crippen LogP contribution in [0.4, 0.5) is 0 Å². The number of methoxy groups -OCH3 is 1. The van der Waals surface area contributed by atoms with E-state index in [0.29, 0.717) is 18.5 Å². The zero-order valence-corrected chi connectivity index (χ0v) is 16.3. The summed E-state index contributed by atoms with van der Waals surface area (Å²) >= 11 is 5.03. The summed E-state index contributed by atoms with van der Waals surface area (Å²) in [6, 6.07) is 15.9. The molecule has 0 fully saturated rings. The van der Waals surface area contributed by atoms with Gasteiger partial charge in [0, 0.05) is 17.3 Å². The van der Waals surface area contributed by atoms with E-state index in [1.54, 1.807) is 23.4 Å². The summed E-state index contributed by atoms with van der Waals surface area (Å²) in [6.07, 6.45) is 0.935. The van der Waals surface area contributed by atoms with Crippen molar-refractivity contribution in [1.82, 2.24) is 9.55 Å². The van der Waals surface area contributed by atoms with Crippen LogP contribution in [-0.2, 0) is 17.7 Å². The van der Waals surface area contributed by atoms with Crippen LogP contribution >= 0.6 is 27.7 Å². The summed E-state index contributed by atoms with van der Waals surface area (Å²) in [5, 5.41) is 1.37. The first-order chi connectivity index (χ1) is 12.2. The van der Waals surface area contributed by atoms with Crippen molar-refractivity contribution < 1.29 is 4.74 Å². The molecule has 130 valence electrons. The highest BCUT2D eigenvalue weighted by molar-refractivity contribution is 9.10. The Bertz CT molecular complexity index is 912. The Hall–Kier alpha value is -1.63. The summed E-state index contributed by atoms with van der Waals surface area (Å²) in [5.74, 6) is 0.867. The van der Waals surface area contributed by atoms with Crippen molar-refractivity contribution in [2.24, 2.45) is 0 Å². The molecule has 25 heavy (non-hydrogen) atoms. The van der Waals surface area contributed by atoms with Gasteiger partial charge in [-0.25, -0.2) is 4.98 Å². The van der Waals surface area contributed by atoms with Gasteiger partial charge in [-0.05, 0) is 30.2 Å². The molecule has 0 radical (unpaired) electrons. The average molecular weight is 419 g/mol. The predicted molar refractivity (Wildman–Crippen MR) is 106 cm³/mol. The molecule has 0 saturated heterocycles. The van der Waals surface area contributed by atoms with Crippen LogP contribution in [0.15, 0.2) is 63.0 Å². The Kier molecular flexibility index (Phi) is 6.29. The van der Waals surface area contributed by atoms with E-state index in [0.717, 1.165) is 27.3 Å². The fourth-order valence-electron chi connectivity index (χ4n) is 2.57. The number of thioether (sulfide) groups is 1. The SMILES string of the molecule is COCCn1c(SCCc2ccccc2)nc2ccc(Br)cc2c1=O. The molecule has 0 spiro atoms. The fourth-order valence-corrected chi connectivity index (χ4v) is 3.94. The molecule has 0 amide bonds. The van der Waals surface area contributed by atoms with Crippen LogP contribution in [-0.4, -0.2) is 29.0 Å². The van der Waals surface area contributed by atoms with Gasteiger partial charge in [-0.1, -0.05) is 58.0 Å². The number of ether oxygens (including phenoxy) is 1. The molecule has 0 aliphatic rings. The second-order valence-electron chi connectivity index (χ2n) is 5.59. The van der Waals surface area contributed by atoms with Gasteiger partial charge in [-0.3, -0.25) is 9.36 Å². The van der Waals surface area contributed by atoms with Crippen LogP contribution in [0.25, 0.3) is 10.9 Å². The van der Waals surface area contributed by atoms with Crippen LogP contribution < -0.4 is 5.56 Å². The van der Waals surface area contributed by atoms with Gasteiger partial charge in [0.05, 0.1) is 24.1 Å². The minimum atomic E-state index is -0.0226. The minimum absolute atomic E-state index is 0.0226. The topological polar surface area (TPSA) is 44.1 Å². The second kappa shape index (κ2) is 8.65. The van der Waals surface area contributed by atoms with E-state index in [1.165, 1.54) is 5.56 Å². The van der Waals surface area contributed by atoms with Crippen molar-refractivity contribution in [1.29, 1.82) is 0 Å². The smallest absolute Gasteiger partial charge is 0.262 e. The Labute approximate surface area is 159 Å². The van der Waals surface area contributed by atoms with Gasteiger partial charge in [0.15, 0.2) is 5.16 Å². The molecule has 0 aliphatic carbocycles. The zero-order chi connectivity index (χ0) is 17.6. The average Bonchev–Trinajstić information content (AvgIpc) is 2.63. The van der Waals surface area contributed by atoms with Crippen LogP contribution in [0.1, 0.15) is 5.56 Å². The highest BCUT2D eigenvalue weighted by Crippen LogP contribution is 2.21. The highest BCUT2D eigenvalue weighted by Gasteiger charge is 2.12. The van der Waals surface area contributed by atoms with Crippen molar-refractivity contribution >= 4 is 38.6 Å². The number of benzene rings is 2. The first-order valence-corrected chi connectivity index (χ1v) is 9.82. The van der Waals surface area contributed by atoms with Gasteiger partial charge in [0.25, 0.3) is 5.56 Å². The predicted octanol–water partition coefficient (Wildman–Crippen LogP) is 4.14. The molecule has 1 heterocycles. The summed E-state index contributed by atoms with van der Waals surface area (Å²) in [7, 11) is 1.64. The van der Waals surface area contributed by atoms with Gasteiger partial charge in [0.1, 0.15) is 0 Å². The quantitative estimate of drug-likeness (QED) is 0.427. The number of halogens is 1. The third-order valence-electron chi connectivity index (χ3n) is 3.86. The lowest BCUT2D eigenvalue weighted by Gasteiger charge is -2.13. The third-order valence-corrected chi connectivity index (χ3v) is 5.34. The van der Waals surface area contributed by atoms with Crippen LogP contribution in [0, 0.1) is 0 Å². The molecule has 0 N–H and O–H groups in total. The summed E-state index contributed by atoms with van der Waals surface area (Å²) in [5.41, 5.74) is 1.99. The first-order valence-electron chi connectivity index (χ1n) is 8.05. The molecule has 0 saturated carbocycles. The number of nitrogens with zero attached hydrogens (tertiary/aromatic N) is 2. The molecular formula is C19H19BrN2O2S. The number of hydrogen-bond donors (Lipinski definition) is 0. The molecule has 0 aliphatic heterocycles. The summed E-state index contributed by atoms with van der Waals surface area (Å²) in [6.45, 7) is 0.978. The van der Waals surface area contributed by atoms with Gasteiger partial charge in [-0.15, -0.1) is 0 Å². The van der Waals surface area contributed by atoms with Crippen molar-refractivity contribution in [2.75, 3.05) is 19.5 Å². The molecule has 3 aromatic rings. The van der Waals surface area contributed by atoms with Gasteiger partial charge < -0.3 is 4.74 Å². The van der Waals surface area contributed by atoms with Crippen molar-refractivity contribution in [3.05, 3.63) is 68.9 Å². The van der Waals surface area contributed by atoms with Gasteiger partial charge >= 0.3 is 0 Å². The first kappa shape index (κ1) is 18.2. The van der Waals surface area contributed by atoms with Crippen molar-refractivity contribution in [3.63, 3.8) is 0 Å². The monoisotopic (exact) mass is 418 g/mol.